The van der Waals surface area contributed by atoms with Crippen molar-refractivity contribution in [3.8, 4) is 0 Å². The summed E-state index contributed by atoms with van der Waals surface area (Å²) in [6.07, 6.45) is 0. The third-order valence-corrected chi connectivity index (χ3v) is 1.91. The first-order valence-corrected chi connectivity index (χ1v) is 4.17. The van der Waals surface area contributed by atoms with Crippen molar-refractivity contribution in [2.45, 2.75) is 19.8 Å². The number of hydrogen-bond acceptors (Lipinski definition) is 2. The minimum absolute atomic E-state index is 0.174. The predicted molar refractivity (Wildman–Crippen MR) is 50.3 cm³/mol. The molecule has 0 fully saturated rings. The van der Waals surface area contributed by atoms with E-state index in [1.807, 2.05) is 13.8 Å². The highest BCUT2D eigenvalue weighted by atomic mass is 19.1. The lowest BCUT2D eigenvalue weighted by Gasteiger charge is -2.08. The lowest BCUT2D eigenvalue weighted by molar-refractivity contribution is 0.425. The van der Waals surface area contributed by atoms with Gasteiger partial charge in [0.25, 0.3) is 0 Å². The molecule has 1 aromatic rings. The van der Waals surface area contributed by atoms with E-state index in [9.17, 15) is 4.39 Å². The monoisotopic (exact) mass is 182 g/mol. The fourth-order valence-electron chi connectivity index (χ4n) is 1.12. The van der Waals surface area contributed by atoms with E-state index in [-0.39, 0.29) is 11.4 Å². The number of benzene rings is 1. The Kier molecular flexibility index (Phi) is 3.06. The van der Waals surface area contributed by atoms with Crippen molar-refractivity contribution in [3.05, 3.63) is 29.6 Å². The van der Waals surface area contributed by atoms with Gasteiger partial charge in [0.15, 0.2) is 0 Å². The van der Waals surface area contributed by atoms with Gasteiger partial charge in [0.1, 0.15) is 5.82 Å². The Bertz CT molecular complexity index is 273. The maximum absolute atomic E-state index is 12.9. The maximum Gasteiger partial charge on any atom is 0.488 e. The van der Waals surface area contributed by atoms with Gasteiger partial charge in [-0.1, -0.05) is 19.9 Å². The van der Waals surface area contributed by atoms with E-state index < -0.39 is 12.9 Å². The van der Waals surface area contributed by atoms with Crippen LogP contribution in [0.2, 0.25) is 0 Å². The zero-order valence-electron chi connectivity index (χ0n) is 7.66. The Morgan fingerprint density at radius 1 is 1.23 bits per heavy atom. The third kappa shape index (κ3) is 2.54. The second-order valence-corrected chi connectivity index (χ2v) is 3.35. The summed E-state index contributed by atoms with van der Waals surface area (Å²) in [5.74, 6) is -0.262. The Labute approximate surface area is 77.2 Å². The SMILES string of the molecule is CC(C)c1cc(F)cc(B(O)O)c1. The lowest BCUT2D eigenvalue weighted by atomic mass is 9.78. The van der Waals surface area contributed by atoms with Gasteiger partial charge in [-0.15, -0.1) is 0 Å². The van der Waals surface area contributed by atoms with Gasteiger partial charge in [0.2, 0.25) is 0 Å². The highest BCUT2D eigenvalue weighted by Gasteiger charge is 2.13. The van der Waals surface area contributed by atoms with Crippen molar-refractivity contribution in [2.24, 2.45) is 0 Å². The van der Waals surface area contributed by atoms with Crippen LogP contribution in [0.3, 0.4) is 0 Å². The van der Waals surface area contributed by atoms with Crippen molar-refractivity contribution in [3.63, 3.8) is 0 Å². The fourth-order valence-corrected chi connectivity index (χ4v) is 1.12. The van der Waals surface area contributed by atoms with E-state index in [1.165, 1.54) is 6.07 Å². The van der Waals surface area contributed by atoms with Crippen molar-refractivity contribution < 1.29 is 14.4 Å². The fraction of sp³-hybridized carbons (Fsp3) is 0.333. The standard InChI is InChI=1S/C9H12BFO2/c1-6(2)7-3-8(10(12)13)5-9(11)4-7/h3-6,12-13H,1-2H3. The first kappa shape index (κ1) is 10.2. The molecule has 2 nitrogen and oxygen atoms in total. The van der Waals surface area contributed by atoms with Gasteiger partial charge in [0.05, 0.1) is 0 Å². The molecule has 0 atom stereocenters. The molecule has 0 bridgehead atoms. The van der Waals surface area contributed by atoms with E-state index in [2.05, 4.69) is 0 Å². The zero-order chi connectivity index (χ0) is 10.0. The molecular formula is C9H12BFO2. The number of rotatable bonds is 2. The first-order valence-electron chi connectivity index (χ1n) is 4.17. The van der Waals surface area contributed by atoms with Crippen molar-refractivity contribution >= 4 is 12.6 Å². The predicted octanol–water partition coefficient (Wildman–Crippen LogP) is 0.629. The second-order valence-electron chi connectivity index (χ2n) is 3.35. The Morgan fingerprint density at radius 2 is 1.85 bits per heavy atom. The average Bonchev–Trinajstić information content (AvgIpc) is 2.03. The van der Waals surface area contributed by atoms with E-state index in [4.69, 9.17) is 10.0 Å². The van der Waals surface area contributed by atoms with Gasteiger partial charge in [0, 0.05) is 0 Å². The molecule has 0 heterocycles. The second kappa shape index (κ2) is 3.90. The molecule has 4 heteroatoms. The summed E-state index contributed by atoms with van der Waals surface area (Å²) in [6, 6.07) is 4.12. The number of hydrogen-bond donors (Lipinski definition) is 2. The Hall–Kier alpha value is -0.865. The quantitative estimate of drug-likeness (QED) is 0.658. The summed E-state index contributed by atoms with van der Waals surface area (Å²) >= 11 is 0. The highest BCUT2D eigenvalue weighted by molar-refractivity contribution is 6.58. The molecule has 0 unspecified atom stereocenters. The third-order valence-electron chi connectivity index (χ3n) is 1.91. The van der Waals surface area contributed by atoms with E-state index in [0.717, 1.165) is 11.6 Å². The van der Waals surface area contributed by atoms with Crippen LogP contribution >= 0.6 is 0 Å². The molecule has 0 radical (unpaired) electrons. The molecule has 0 aromatic heterocycles. The van der Waals surface area contributed by atoms with Gasteiger partial charge in [-0.3, -0.25) is 0 Å². The van der Waals surface area contributed by atoms with Crippen LogP contribution in [0.5, 0.6) is 0 Å². The van der Waals surface area contributed by atoms with Crippen LogP contribution in [0.1, 0.15) is 25.3 Å². The average molecular weight is 182 g/mol. The van der Waals surface area contributed by atoms with Crippen molar-refractivity contribution in [1.82, 2.24) is 0 Å². The molecule has 13 heavy (non-hydrogen) atoms. The van der Waals surface area contributed by atoms with Crippen LogP contribution in [0, 0.1) is 5.82 Å². The largest absolute Gasteiger partial charge is 0.488 e. The molecule has 0 aliphatic heterocycles. The maximum atomic E-state index is 12.9. The molecule has 0 aliphatic rings. The zero-order valence-corrected chi connectivity index (χ0v) is 7.66. The van der Waals surface area contributed by atoms with Crippen molar-refractivity contribution in [2.75, 3.05) is 0 Å². The van der Waals surface area contributed by atoms with Crippen LogP contribution < -0.4 is 5.46 Å². The van der Waals surface area contributed by atoms with Crippen LogP contribution in [-0.4, -0.2) is 17.2 Å². The summed E-state index contributed by atoms with van der Waals surface area (Å²) in [4.78, 5) is 0. The summed E-state index contributed by atoms with van der Waals surface area (Å²) < 4.78 is 12.9. The molecule has 2 N–H and O–H groups in total. The molecular weight excluding hydrogens is 170 g/mol. The molecule has 1 rings (SSSR count). The smallest absolute Gasteiger partial charge is 0.423 e. The molecule has 0 amide bonds. The van der Waals surface area contributed by atoms with E-state index in [1.54, 1.807) is 6.07 Å². The van der Waals surface area contributed by atoms with Gasteiger partial charge < -0.3 is 10.0 Å². The normalized spacial score (nSPS) is 10.6. The molecule has 0 spiro atoms. The van der Waals surface area contributed by atoms with Crippen LogP contribution in [0.25, 0.3) is 0 Å². The first-order chi connectivity index (χ1) is 6.00. The summed E-state index contributed by atoms with van der Waals surface area (Å²) in [5.41, 5.74) is 0.965. The van der Waals surface area contributed by atoms with Gasteiger partial charge in [-0.2, -0.15) is 0 Å². The Balaban J connectivity index is 3.11. The van der Waals surface area contributed by atoms with Gasteiger partial charge in [-0.05, 0) is 29.1 Å². The molecule has 0 aliphatic carbocycles. The summed E-state index contributed by atoms with van der Waals surface area (Å²) in [6.45, 7) is 3.84. The molecule has 0 saturated heterocycles. The lowest BCUT2D eigenvalue weighted by Crippen LogP contribution is -2.30. The van der Waals surface area contributed by atoms with Crippen LogP contribution in [0.15, 0.2) is 18.2 Å². The minimum Gasteiger partial charge on any atom is -0.423 e. The summed E-state index contributed by atoms with van der Waals surface area (Å²) in [7, 11) is -1.60. The minimum atomic E-state index is -1.60. The molecule has 1 aromatic carbocycles. The van der Waals surface area contributed by atoms with E-state index >= 15 is 0 Å². The topological polar surface area (TPSA) is 40.5 Å². The van der Waals surface area contributed by atoms with Crippen molar-refractivity contribution in [1.29, 1.82) is 0 Å². The van der Waals surface area contributed by atoms with Crippen LogP contribution in [0.4, 0.5) is 4.39 Å². The molecule has 70 valence electrons. The summed E-state index contributed by atoms with van der Waals surface area (Å²) in [5, 5.41) is 17.7. The van der Waals surface area contributed by atoms with Gasteiger partial charge in [-0.25, -0.2) is 4.39 Å². The molecule has 0 saturated carbocycles. The number of halogens is 1. The van der Waals surface area contributed by atoms with E-state index in [0.29, 0.717) is 0 Å². The van der Waals surface area contributed by atoms with Gasteiger partial charge >= 0.3 is 7.12 Å². The highest BCUT2D eigenvalue weighted by Crippen LogP contribution is 2.13. The Morgan fingerprint density at radius 3 is 2.31 bits per heavy atom. The van der Waals surface area contributed by atoms with Crippen LogP contribution in [-0.2, 0) is 0 Å².